The lowest BCUT2D eigenvalue weighted by Gasteiger charge is -2.30. The average Bonchev–Trinajstić information content (AvgIpc) is 2.43. The van der Waals surface area contributed by atoms with Crippen LogP contribution in [0.4, 0.5) is 5.69 Å². The summed E-state index contributed by atoms with van der Waals surface area (Å²) in [5.74, 6) is -0.212. The second-order valence-electron chi connectivity index (χ2n) is 5.44. The number of benzene rings is 1. The van der Waals surface area contributed by atoms with Gasteiger partial charge in [0.1, 0.15) is 0 Å². The molecule has 0 saturated carbocycles. The van der Waals surface area contributed by atoms with Gasteiger partial charge in [-0.05, 0) is 60.4 Å². The Labute approximate surface area is 139 Å². The maximum absolute atomic E-state index is 12.5. The van der Waals surface area contributed by atoms with Gasteiger partial charge in [0.2, 0.25) is 15.9 Å². The van der Waals surface area contributed by atoms with Crippen molar-refractivity contribution in [2.45, 2.75) is 43.7 Å². The first-order chi connectivity index (χ1) is 10.3. The van der Waals surface area contributed by atoms with Gasteiger partial charge in [0, 0.05) is 23.5 Å². The van der Waals surface area contributed by atoms with E-state index in [9.17, 15) is 13.2 Å². The van der Waals surface area contributed by atoms with Gasteiger partial charge in [0.25, 0.3) is 0 Å². The molecule has 0 radical (unpaired) electrons. The van der Waals surface area contributed by atoms with Gasteiger partial charge in [-0.3, -0.25) is 4.79 Å². The van der Waals surface area contributed by atoms with Gasteiger partial charge in [-0.15, -0.1) is 0 Å². The average molecular weight is 390 g/mol. The third-order valence-electron chi connectivity index (χ3n) is 3.63. The number of hydrogen-bond donors (Lipinski definition) is 3. The number of rotatable bonds is 4. The van der Waals surface area contributed by atoms with E-state index in [0.29, 0.717) is 10.2 Å². The Morgan fingerprint density at radius 2 is 2.14 bits per heavy atom. The second-order valence-corrected chi connectivity index (χ2v) is 8.00. The first kappa shape index (κ1) is 17.4. The highest BCUT2D eigenvalue weighted by Crippen LogP contribution is 2.26. The Morgan fingerprint density at radius 1 is 1.41 bits per heavy atom. The van der Waals surface area contributed by atoms with Crippen LogP contribution in [0.1, 0.15) is 26.7 Å². The number of amides is 1. The van der Waals surface area contributed by atoms with E-state index in [1.54, 1.807) is 6.07 Å². The Morgan fingerprint density at radius 3 is 2.73 bits per heavy atom. The van der Waals surface area contributed by atoms with Crippen LogP contribution in [-0.4, -0.2) is 33.0 Å². The summed E-state index contributed by atoms with van der Waals surface area (Å²) in [5.41, 5.74) is 0.541. The highest BCUT2D eigenvalue weighted by molar-refractivity contribution is 9.10. The highest BCUT2D eigenvalue weighted by atomic mass is 79.9. The molecule has 0 spiro atoms. The van der Waals surface area contributed by atoms with E-state index in [1.807, 2.05) is 6.92 Å². The molecule has 1 aliphatic heterocycles. The molecule has 1 aromatic rings. The zero-order valence-electron chi connectivity index (χ0n) is 12.5. The lowest BCUT2D eigenvalue weighted by atomic mass is 10.0. The van der Waals surface area contributed by atoms with Crippen LogP contribution in [-0.2, 0) is 14.8 Å². The molecule has 0 aromatic heterocycles. The van der Waals surface area contributed by atoms with Crippen LogP contribution in [0.2, 0.25) is 0 Å². The minimum Gasteiger partial charge on any atom is -0.325 e. The number of halogens is 1. The van der Waals surface area contributed by atoms with Crippen molar-refractivity contribution in [2.24, 2.45) is 0 Å². The van der Waals surface area contributed by atoms with Crippen LogP contribution >= 0.6 is 15.9 Å². The number of piperidine rings is 1. The SMILES string of the molecule is CC(=O)Nc1ccc(S(=O)(=O)NC2CCCNC2C)cc1Br. The zero-order valence-corrected chi connectivity index (χ0v) is 14.9. The van der Waals surface area contributed by atoms with Gasteiger partial charge >= 0.3 is 0 Å². The van der Waals surface area contributed by atoms with E-state index < -0.39 is 10.0 Å². The molecule has 2 unspecified atom stereocenters. The van der Waals surface area contributed by atoms with Crippen molar-refractivity contribution in [3.63, 3.8) is 0 Å². The molecule has 1 saturated heterocycles. The van der Waals surface area contributed by atoms with Crippen molar-refractivity contribution in [3.05, 3.63) is 22.7 Å². The molecule has 2 rings (SSSR count). The summed E-state index contributed by atoms with van der Waals surface area (Å²) in [6.45, 7) is 4.29. The maximum Gasteiger partial charge on any atom is 0.240 e. The fraction of sp³-hybridized carbons (Fsp3) is 0.500. The minimum atomic E-state index is -3.59. The van der Waals surface area contributed by atoms with Crippen molar-refractivity contribution in [1.29, 1.82) is 0 Å². The number of anilines is 1. The van der Waals surface area contributed by atoms with Gasteiger partial charge in [-0.25, -0.2) is 13.1 Å². The van der Waals surface area contributed by atoms with Gasteiger partial charge in [-0.2, -0.15) is 0 Å². The Balaban J connectivity index is 2.18. The van der Waals surface area contributed by atoms with Crippen LogP contribution in [0.15, 0.2) is 27.6 Å². The highest BCUT2D eigenvalue weighted by Gasteiger charge is 2.26. The summed E-state index contributed by atoms with van der Waals surface area (Å²) in [4.78, 5) is 11.2. The van der Waals surface area contributed by atoms with E-state index in [-0.39, 0.29) is 22.9 Å². The van der Waals surface area contributed by atoms with E-state index in [1.165, 1.54) is 19.1 Å². The van der Waals surface area contributed by atoms with E-state index in [0.717, 1.165) is 19.4 Å². The van der Waals surface area contributed by atoms with E-state index in [2.05, 4.69) is 31.3 Å². The Hall–Kier alpha value is -0.960. The molecule has 8 heteroatoms. The molecule has 1 aromatic carbocycles. The third kappa shape index (κ3) is 4.28. The summed E-state index contributed by atoms with van der Waals surface area (Å²) in [6, 6.07) is 4.54. The fourth-order valence-corrected chi connectivity index (χ4v) is 4.43. The molecular formula is C14H20BrN3O3S. The number of nitrogens with one attached hydrogen (secondary N) is 3. The van der Waals surface area contributed by atoms with Crippen LogP contribution in [0.25, 0.3) is 0 Å². The number of sulfonamides is 1. The molecule has 1 fully saturated rings. The lowest BCUT2D eigenvalue weighted by molar-refractivity contribution is -0.114. The predicted octanol–water partition coefficient (Wildman–Crippen LogP) is 1.83. The standard InChI is InChI=1S/C14H20BrN3O3S/c1-9-13(4-3-7-16-9)18-22(20,21)11-5-6-14(12(15)8-11)17-10(2)19/h5-6,8-9,13,16,18H,3-4,7H2,1-2H3,(H,17,19). The molecule has 0 bridgehead atoms. The van der Waals surface area contributed by atoms with E-state index >= 15 is 0 Å². The van der Waals surface area contributed by atoms with Crippen LogP contribution < -0.4 is 15.4 Å². The van der Waals surface area contributed by atoms with Crippen molar-refractivity contribution in [3.8, 4) is 0 Å². The maximum atomic E-state index is 12.5. The molecule has 1 amide bonds. The van der Waals surface area contributed by atoms with Crippen molar-refractivity contribution in [2.75, 3.05) is 11.9 Å². The first-order valence-electron chi connectivity index (χ1n) is 7.12. The normalized spacial score (nSPS) is 22.3. The molecule has 3 N–H and O–H groups in total. The van der Waals surface area contributed by atoms with Crippen LogP contribution in [0.3, 0.4) is 0 Å². The third-order valence-corrected chi connectivity index (χ3v) is 5.77. The predicted molar refractivity (Wildman–Crippen MR) is 89.3 cm³/mol. The second kappa shape index (κ2) is 7.08. The van der Waals surface area contributed by atoms with Gasteiger partial charge < -0.3 is 10.6 Å². The molecule has 122 valence electrons. The molecule has 22 heavy (non-hydrogen) atoms. The minimum absolute atomic E-state index is 0.102. The number of hydrogen-bond acceptors (Lipinski definition) is 4. The quantitative estimate of drug-likeness (QED) is 0.732. The number of carbonyl (C=O) groups excluding carboxylic acids is 1. The molecule has 1 heterocycles. The largest absolute Gasteiger partial charge is 0.325 e. The summed E-state index contributed by atoms with van der Waals surface area (Å²) in [6.07, 6.45) is 1.77. The molecule has 1 aliphatic rings. The van der Waals surface area contributed by atoms with Crippen molar-refractivity contribution in [1.82, 2.24) is 10.0 Å². The van der Waals surface area contributed by atoms with E-state index in [4.69, 9.17) is 0 Å². The monoisotopic (exact) mass is 389 g/mol. The van der Waals surface area contributed by atoms with Crippen LogP contribution in [0.5, 0.6) is 0 Å². The first-order valence-corrected chi connectivity index (χ1v) is 9.40. The Kier molecular flexibility index (Phi) is 5.60. The van der Waals surface area contributed by atoms with Gasteiger partial charge in [-0.1, -0.05) is 0 Å². The smallest absolute Gasteiger partial charge is 0.240 e. The van der Waals surface area contributed by atoms with Crippen LogP contribution in [0, 0.1) is 0 Å². The summed E-state index contributed by atoms with van der Waals surface area (Å²) in [5, 5.41) is 5.89. The summed E-state index contributed by atoms with van der Waals surface area (Å²) in [7, 11) is -3.59. The number of carbonyl (C=O) groups is 1. The Bertz CT molecular complexity index is 663. The summed E-state index contributed by atoms with van der Waals surface area (Å²) >= 11 is 3.29. The van der Waals surface area contributed by atoms with Crippen molar-refractivity contribution < 1.29 is 13.2 Å². The van der Waals surface area contributed by atoms with Crippen molar-refractivity contribution >= 4 is 37.5 Å². The zero-order chi connectivity index (χ0) is 16.3. The molecule has 0 aliphatic carbocycles. The molecule has 2 atom stereocenters. The fourth-order valence-electron chi connectivity index (χ4n) is 2.43. The van der Waals surface area contributed by atoms with Gasteiger partial charge in [0.05, 0.1) is 10.6 Å². The summed E-state index contributed by atoms with van der Waals surface area (Å²) < 4.78 is 28.2. The lowest BCUT2D eigenvalue weighted by Crippen LogP contribution is -2.51. The molecule has 6 nitrogen and oxygen atoms in total. The molecular weight excluding hydrogens is 370 g/mol. The van der Waals surface area contributed by atoms with Gasteiger partial charge in [0.15, 0.2) is 0 Å². The topological polar surface area (TPSA) is 87.3 Å².